The molecule has 1 aromatic carbocycles. The molecule has 0 amide bonds. The molecule has 0 saturated heterocycles. The number of hydrogen-bond donors (Lipinski definition) is 4. The number of methoxy groups -OCH3 is 1. The summed E-state index contributed by atoms with van der Waals surface area (Å²) in [5.41, 5.74) is 10.5. The van der Waals surface area contributed by atoms with Crippen molar-refractivity contribution in [3.8, 4) is 5.75 Å². The van der Waals surface area contributed by atoms with Crippen molar-refractivity contribution in [2.45, 2.75) is 33.1 Å². The number of unbranched alkanes of at least 4 members (excludes halogenated alkanes) is 2. The van der Waals surface area contributed by atoms with Gasteiger partial charge in [-0.3, -0.25) is 9.79 Å². The predicted molar refractivity (Wildman–Crippen MR) is 110 cm³/mol. The van der Waals surface area contributed by atoms with Crippen LogP contribution in [0.4, 0.5) is 0 Å². The van der Waals surface area contributed by atoms with Crippen molar-refractivity contribution >= 4 is 34.8 Å². The Morgan fingerprint density at radius 3 is 2.68 bits per heavy atom. The highest BCUT2D eigenvalue weighted by atomic mass is 16.5. The van der Waals surface area contributed by atoms with Crippen molar-refractivity contribution in [3.05, 3.63) is 30.0 Å². The minimum absolute atomic E-state index is 0.338. The number of guanidine groups is 1. The Kier molecular flexibility index (Phi) is 9.80. The van der Waals surface area contributed by atoms with Crippen molar-refractivity contribution in [1.82, 2.24) is 10.4 Å². The molecule has 2 rings (SSSR count). The van der Waals surface area contributed by atoms with E-state index in [-0.39, 0.29) is 0 Å². The number of fused-ring (bicyclic) bond motifs is 1. The lowest BCUT2D eigenvalue weighted by Crippen LogP contribution is -2.27. The number of ether oxygens (including phenoxy) is 1. The lowest BCUT2D eigenvalue weighted by molar-refractivity contribution is -0.148. The van der Waals surface area contributed by atoms with Crippen molar-refractivity contribution < 1.29 is 19.4 Å². The van der Waals surface area contributed by atoms with Crippen LogP contribution in [-0.4, -0.2) is 47.7 Å². The van der Waals surface area contributed by atoms with E-state index in [0.717, 1.165) is 48.5 Å². The molecule has 0 aliphatic carbocycles. The van der Waals surface area contributed by atoms with E-state index in [9.17, 15) is 9.59 Å². The number of carboxylic acid groups (broad SMARTS) is 1. The highest BCUT2D eigenvalue weighted by Crippen LogP contribution is 2.22. The first-order chi connectivity index (χ1) is 13.4. The topological polar surface area (TPSA) is 142 Å². The van der Waals surface area contributed by atoms with Gasteiger partial charge in [0.2, 0.25) is 11.7 Å². The molecule has 1 aromatic heterocycles. The van der Waals surface area contributed by atoms with Gasteiger partial charge in [0.1, 0.15) is 5.75 Å². The lowest BCUT2D eigenvalue weighted by Gasteiger charge is -2.00. The van der Waals surface area contributed by atoms with Gasteiger partial charge in [-0.1, -0.05) is 19.8 Å². The molecule has 28 heavy (non-hydrogen) atoms. The van der Waals surface area contributed by atoms with Crippen molar-refractivity contribution in [3.63, 3.8) is 0 Å². The fourth-order valence-corrected chi connectivity index (χ4v) is 2.12. The molecule has 0 bridgehead atoms. The summed E-state index contributed by atoms with van der Waals surface area (Å²) in [7, 11) is 1.65. The maximum Gasteiger partial charge on any atom is 0.371 e. The molecule has 0 aliphatic heterocycles. The summed E-state index contributed by atoms with van der Waals surface area (Å²) >= 11 is 0. The Bertz CT molecular complexity index is 830. The van der Waals surface area contributed by atoms with E-state index < -0.39 is 11.8 Å². The summed E-state index contributed by atoms with van der Waals surface area (Å²) < 4.78 is 5.24. The molecule has 0 fully saturated rings. The minimum atomic E-state index is -1.38. The smallest absolute Gasteiger partial charge is 0.371 e. The highest BCUT2D eigenvalue weighted by molar-refractivity contribution is 6.31. The zero-order valence-electron chi connectivity index (χ0n) is 16.4. The second-order valence-corrected chi connectivity index (χ2v) is 5.86. The molecule has 152 valence electrons. The number of aliphatic carboxylic acids is 1. The maximum atomic E-state index is 9.54. The standard InChI is InChI=1S/C16H23N5O.C3H4O3/c1-3-4-5-8-18-16(17)21-20-11-12-10-19-15-7-6-13(22-2)9-14(12)15;1-2(4)3(5)6/h6-7,9-11,19H,3-5,8H2,1-2H3,(H3,17,18,21);1H3,(H,5,6)/b20-11-;. The number of carboxylic acids is 1. The van der Waals surface area contributed by atoms with Gasteiger partial charge in [-0.15, -0.1) is 0 Å². The van der Waals surface area contributed by atoms with Gasteiger partial charge >= 0.3 is 5.97 Å². The van der Waals surface area contributed by atoms with Gasteiger partial charge in [-0.05, 0) is 24.6 Å². The number of rotatable bonds is 8. The average Bonchev–Trinajstić information content (AvgIpc) is 3.08. The Balaban J connectivity index is 0.000000568. The first-order valence-corrected chi connectivity index (χ1v) is 8.87. The van der Waals surface area contributed by atoms with Crippen LogP contribution in [0.15, 0.2) is 34.5 Å². The zero-order chi connectivity index (χ0) is 20.9. The van der Waals surface area contributed by atoms with Gasteiger partial charge in [0.15, 0.2) is 0 Å². The molecule has 0 radical (unpaired) electrons. The molecule has 0 unspecified atom stereocenters. The van der Waals surface area contributed by atoms with Crippen molar-refractivity contribution in [2.24, 2.45) is 15.8 Å². The molecule has 9 nitrogen and oxygen atoms in total. The summed E-state index contributed by atoms with van der Waals surface area (Å²) in [5.74, 6) is -1.05. The number of carbonyl (C=O) groups excluding carboxylic acids is 1. The fourth-order valence-electron chi connectivity index (χ4n) is 2.12. The van der Waals surface area contributed by atoms with E-state index in [1.165, 1.54) is 6.42 Å². The molecule has 0 spiro atoms. The summed E-state index contributed by atoms with van der Waals surface area (Å²) in [6.45, 7) is 3.89. The van der Waals surface area contributed by atoms with E-state index in [1.807, 2.05) is 24.4 Å². The Morgan fingerprint density at radius 2 is 2.07 bits per heavy atom. The van der Waals surface area contributed by atoms with Gasteiger partial charge in [0.05, 0.1) is 13.3 Å². The number of aromatic nitrogens is 1. The molecule has 2 aromatic rings. The van der Waals surface area contributed by atoms with Gasteiger partial charge in [-0.2, -0.15) is 5.10 Å². The van der Waals surface area contributed by atoms with Crippen LogP contribution in [0.1, 0.15) is 38.7 Å². The predicted octanol–water partition coefficient (Wildman–Crippen LogP) is 2.26. The third-order valence-corrected chi connectivity index (χ3v) is 3.65. The number of H-pyrrole nitrogens is 1. The molecule has 0 aliphatic rings. The minimum Gasteiger partial charge on any atom is -0.497 e. The van der Waals surface area contributed by atoms with E-state index in [0.29, 0.717) is 5.96 Å². The first kappa shape index (κ1) is 22.7. The van der Waals surface area contributed by atoms with Gasteiger partial charge < -0.3 is 20.6 Å². The Labute approximate surface area is 163 Å². The molecule has 5 N–H and O–H groups in total. The van der Waals surface area contributed by atoms with E-state index in [1.54, 1.807) is 13.3 Å². The second kappa shape index (κ2) is 12.1. The van der Waals surface area contributed by atoms with Gasteiger partial charge in [0.25, 0.3) is 0 Å². The lowest BCUT2D eigenvalue weighted by atomic mass is 10.2. The van der Waals surface area contributed by atoms with Gasteiger partial charge in [0, 0.05) is 36.1 Å². The summed E-state index contributed by atoms with van der Waals surface area (Å²) in [6, 6.07) is 5.86. The number of aromatic amines is 1. The Morgan fingerprint density at radius 1 is 1.36 bits per heavy atom. The third kappa shape index (κ3) is 7.90. The third-order valence-electron chi connectivity index (χ3n) is 3.65. The molecular weight excluding hydrogens is 362 g/mol. The number of carbonyl (C=O) groups is 2. The van der Waals surface area contributed by atoms with Crippen LogP contribution >= 0.6 is 0 Å². The van der Waals surface area contributed by atoms with E-state index >= 15 is 0 Å². The number of ketones is 1. The van der Waals surface area contributed by atoms with Crippen LogP contribution in [0.2, 0.25) is 0 Å². The normalized spacial score (nSPS) is 11.2. The zero-order valence-corrected chi connectivity index (χ0v) is 16.4. The fraction of sp³-hybridized carbons (Fsp3) is 0.368. The number of nitrogens with one attached hydrogen (secondary N) is 2. The number of nitrogens with two attached hydrogens (primary N) is 1. The van der Waals surface area contributed by atoms with Crippen molar-refractivity contribution in [2.75, 3.05) is 13.7 Å². The summed E-state index contributed by atoms with van der Waals surface area (Å²) in [5, 5.41) is 12.8. The van der Waals surface area contributed by atoms with Crippen LogP contribution in [0.25, 0.3) is 10.9 Å². The highest BCUT2D eigenvalue weighted by Gasteiger charge is 2.03. The second-order valence-electron chi connectivity index (χ2n) is 5.86. The SMILES string of the molecule is CC(=O)C(=O)O.CCCCCN=C(N)N/N=C\c1c[nH]c2ccc(OC)cc12. The molecule has 0 saturated carbocycles. The van der Waals surface area contributed by atoms with E-state index in [2.05, 4.69) is 27.4 Å². The first-order valence-electron chi connectivity index (χ1n) is 8.87. The van der Waals surface area contributed by atoms with Crippen molar-refractivity contribution in [1.29, 1.82) is 0 Å². The average molecular weight is 389 g/mol. The molecule has 1 heterocycles. The van der Waals surface area contributed by atoms with Crippen LogP contribution < -0.4 is 15.9 Å². The number of aliphatic imine (C=N–C) groups is 1. The summed E-state index contributed by atoms with van der Waals surface area (Å²) in [6.07, 6.45) is 6.99. The van der Waals surface area contributed by atoms with E-state index in [4.69, 9.17) is 15.6 Å². The monoisotopic (exact) mass is 389 g/mol. The van der Waals surface area contributed by atoms with Crippen LogP contribution in [-0.2, 0) is 9.59 Å². The number of hydrogen-bond acceptors (Lipinski definition) is 5. The summed E-state index contributed by atoms with van der Waals surface area (Å²) in [4.78, 5) is 26.3. The number of Topliss-reactive ketones (excluding diaryl/α,β-unsaturated/α-hetero) is 1. The van der Waals surface area contributed by atoms with Gasteiger partial charge in [-0.25, -0.2) is 10.2 Å². The molecular formula is C19H27N5O4. The number of benzene rings is 1. The van der Waals surface area contributed by atoms with Crippen LogP contribution in [0.3, 0.4) is 0 Å². The molecule has 0 atom stereocenters. The quantitative estimate of drug-likeness (QED) is 0.179. The van der Waals surface area contributed by atoms with Crippen LogP contribution in [0, 0.1) is 0 Å². The Hall–Kier alpha value is -3.36. The largest absolute Gasteiger partial charge is 0.497 e. The number of hydrazone groups is 1. The maximum absolute atomic E-state index is 9.54. The number of nitrogens with zero attached hydrogens (tertiary/aromatic N) is 2. The van der Waals surface area contributed by atoms with Crippen LogP contribution in [0.5, 0.6) is 5.75 Å². The molecule has 9 heteroatoms.